The van der Waals surface area contributed by atoms with Crippen LogP contribution in [-0.2, 0) is 23.0 Å². The maximum atomic E-state index is 12.6. The molecule has 0 aliphatic heterocycles. The summed E-state index contributed by atoms with van der Waals surface area (Å²) in [5.41, 5.74) is 1.42. The Labute approximate surface area is 135 Å². The maximum absolute atomic E-state index is 12.6. The van der Waals surface area contributed by atoms with Gasteiger partial charge in [0.2, 0.25) is 0 Å². The Morgan fingerprint density at radius 3 is 2.78 bits per heavy atom. The molecule has 0 radical (unpaired) electrons. The predicted octanol–water partition coefficient (Wildman–Crippen LogP) is 2.26. The predicted molar refractivity (Wildman–Crippen MR) is 85.7 cm³/mol. The Morgan fingerprint density at radius 1 is 1.35 bits per heavy atom. The molecule has 0 amide bonds. The summed E-state index contributed by atoms with van der Waals surface area (Å²) in [5.74, 6) is 1.90. The van der Waals surface area contributed by atoms with Crippen LogP contribution < -0.4 is 4.72 Å². The molecule has 0 bridgehead atoms. The van der Waals surface area contributed by atoms with Gasteiger partial charge < -0.3 is 4.57 Å². The molecule has 2 aromatic heterocycles. The molecule has 8 heteroatoms. The monoisotopic (exact) mass is 335 g/mol. The molecule has 2 saturated carbocycles. The van der Waals surface area contributed by atoms with E-state index in [2.05, 4.69) is 19.9 Å². The van der Waals surface area contributed by atoms with Crippen LogP contribution in [0.2, 0.25) is 0 Å². The summed E-state index contributed by atoms with van der Waals surface area (Å²) < 4.78 is 29.9. The second kappa shape index (κ2) is 5.36. The van der Waals surface area contributed by atoms with E-state index in [9.17, 15) is 8.42 Å². The first-order chi connectivity index (χ1) is 11.1. The zero-order chi connectivity index (χ0) is 16.0. The van der Waals surface area contributed by atoms with Crippen LogP contribution in [0.4, 0.5) is 5.69 Å². The Kier molecular flexibility index (Phi) is 3.44. The highest BCUT2D eigenvalue weighted by Crippen LogP contribution is 2.42. The first kappa shape index (κ1) is 14.7. The van der Waals surface area contributed by atoms with Crippen molar-refractivity contribution in [1.82, 2.24) is 19.7 Å². The van der Waals surface area contributed by atoms with Crippen LogP contribution in [0.5, 0.6) is 0 Å². The molecule has 23 heavy (non-hydrogen) atoms. The summed E-state index contributed by atoms with van der Waals surface area (Å²) >= 11 is 0. The molecule has 2 aliphatic carbocycles. The maximum Gasteiger partial charge on any atom is 0.281 e. The van der Waals surface area contributed by atoms with Gasteiger partial charge in [-0.05, 0) is 31.6 Å². The van der Waals surface area contributed by atoms with Crippen LogP contribution in [-0.4, -0.2) is 28.2 Å². The molecular formula is C15H21N5O2S. The van der Waals surface area contributed by atoms with Crippen molar-refractivity contribution in [2.24, 2.45) is 5.92 Å². The van der Waals surface area contributed by atoms with E-state index in [4.69, 9.17) is 0 Å². The lowest BCUT2D eigenvalue weighted by Crippen LogP contribution is -2.14. The van der Waals surface area contributed by atoms with Crippen molar-refractivity contribution in [3.05, 3.63) is 23.9 Å². The lowest BCUT2D eigenvalue weighted by Gasteiger charge is -2.05. The molecule has 2 aliphatic rings. The Balaban J connectivity index is 1.60. The second-order valence-electron chi connectivity index (χ2n) is 6.52. The lowest BCUT2D eigenvalue weighted by atomic mass is 10.3. The fraction of sp³-hybridized carbons (Fsp3) is 0.600. The Bertz CT molecular complexity index is 815. The van der Waals surface area contributed by atoms with Crippen LogP contribution in [0.1, 0.15) is 50.0 Å². The smallest absolute Gasteiger partial charge is 0.281 e. The van der Waals surface area contributed by atoms with Crippen molar-refractivity contribution in [2.45, 2.75) is 56.5 Å². The average molecular weight is 335 g/mol. The van der Waals surface area contributed by atoms with Crippen molar-refractivity contribution in [3.63, 3.8) is 0 Å². The molecule has 2 heterocycles. The average Bonchev–Trinajstić information content (AvgIpc) is 3.42. The molecular weight excluding hydrogens is 314 g/mol. The van der Waals surface area contributed by atoms with Gasteiger partial charge in [-0.2, -0.15) is 13.5 Å². The van der Waals surface area contributed by atoms with Crippen LogP contribution >= 0.6 is 0 Å². The number of rotatable bonds is 7. The van der Waals surface area contributed by atoms with E-state index in [1.54, 1.807) is 6.20 Å². The fourth-order valence-electron chi connectivity index (χ4n) is 2.83. The van der Waals surface area contributed by atoms with Gasteiger partial charge in [-0.3, -0.25) is 9.82 Å². The van der Waals surface area contributed by atoms with Crippen LogP contribution in [0.3, 0.4) is 0 Å². The van der Waals surface area contributed by atoms with E-state index in [-0.39, 0.29) is 5.03 Å². The number of aromatic amines is 1. The van der Waals surface area contributed by atoms with Gasteiger partial charge >= 0.3 is 0 Å². The lowest BCUT2D eigenvalue weighted by molar-refractivity contribution is 0.594. The van der Waals surface area contributed by atoms with E-state index < -0.39 is 10.0 Å². The number of hydrogen-bond donors (Lipinski definition) is 2. The van der Waals surface area contributed by atoms with E-state index >= 15 is 0 Å². The highest BCUT2D eigenvalue weighted by molar-refractivity contribution is 7.92. The molecule has 4 rings (SSSR count). The van der Waals surface area contributed by atoms with E-state index in [0.717, 1.165) is 37.3 Å². The summed E-state index contributed by atoms with van der Waals surface area (Å²) in [6, 6.07) is 0. The summed E-state index contributed by atoms with van der Waals surface area (Å²) in [7, 11) is -3.68. The first-order valence-corrected chi connectivity index (χ1v) is 9.67. The molecule has 0 saturated heterocycles. The van der Waals surface area contributed by atoms with Crippen molar-refractivity contribution < 1.29 is 8.42 Å². The van der Waals surface area contributed by atoms with Gasteiger partial charge in [-0.25, -0.2) is 4.98 Å². The zero-order valence-corrected chi connectivity index (χ0v) is 13.9. The second-order valence-corrected chi connectivity index (χ2v) is 8.15. The van der Waals surface area contributed by atoms with E-state index in [1.807, 2.05) is 11.5 Å². The van der Waals surface area contributed by atoms with Crippen molar-refractivity contribution in [3.8, 4) is 0 Å². The first-order valence-electron chi connectivity index (χ1n) is 8.19. The van der Waals surface area contributed by atoms with Gasteiger partial charge in [0.05, 0.1) is 17.6 Å². The topological polar surface area (TPSA) is 92.7 Å². The molecule has 2 fully saturated rings. The largest absolute Gasteiger partial charge is 0.333 e. The van der Waals surface area contributed by atoms with Gasteiger partial charge in [0, 0.05) is 25.1 Å². The highest BCUT2D eigenvalue weighted by Gasteiger charge is 2.30. The molecule has 0 unspecified atom stereocenters. The molecule has 2 N–H and O–H groups in total. The standard InChI is InChI=1S/C15H21N5O2S/c1-2-13-17-14(9-20(13)8-10-3-4-10)23(21,22)19-12-7-16-18-15(12)11-5-6-11/h7,9-11,19H,2-6,8H2,1H3,(H,16,18). The van der Waals surface area contributed by atoms with E-state index in [1.165, 1.54) is 19.0 Å². The number of hydrogen-bond acceptors (Lipinski definition) is 4. The number of aryl methyl sites for hydroxylation is 1. The number of anilines is 1. The van der Waals surface area contributed by atoms with Crippen LogP contribution in [0.15, 0.2) is 17.4 Å². The zero-order valence-electron chi connectivity index (χ0n) is 13.1. The highest BCUT2D eigenvalue weighted by atomic mass is 32.2. The molecule has 124 valence electrons. The van der Waals surface area contributed by atoms with Gasteiger partial charge in [-0.1, -0.05) is 6.92 Å². The number of imidazole rings is 1. The molecule has 2 aromatic rings. The summed E-state index contributed by atoms with van der Waals surface area (Å²) in [6.45, 7) is 2.86. The van der Waals surface area contributed by atoms with Crippen molar-refractivity contribution in [1.29, 1.82) is 0 Å². The van der Waals surface area contributed by atoms with Gasteiger partial charge in [0.25, 0.3) is 10.0 Å². The molecule has 0 spiro atoms. The van der Waals surface area contributed by atoms with Gasteiger partial charge in [-0.15, -0.1) is 0 Å². The Morgan fingerprint density at radius 2 is 2.13 bits per heavy atom. The Hall–Kier alpha value is -1.83. The van der Waals surface area contributed by atoms with Crippen LogP contribution in [0, 0.1) is 5.92 Å². The number of H-pyrrole nitrogens is 1. The summed E-state index contributed by atoms with van der Waals surface area (Å²) in [4.78, 5) is 4.33. The fourth-order valence-corrected chi connectivity index (χ4v) is 3.88. The number of nitrogens with zero attached hydrogens (tertiary/aromatic N) is 3. The quantitative estimate of drug-likeness (QED) is 0.811. The SMILES string of the molecule is CCc1nc(S(=O)(=O)Nc2cn[nH]c2C2CC2)cn1CC1CC1. The molecule has 0 atom stereocenters. The minimum Gasteiger partial charge on any atom is -0.333 e. The van der Waals surface area contributed by atoms with Crippen LogP contribution in [0.25, 0.3) is 0 Å². The number of aromatic nitrogens is 4. The van der Waals surface area contributed by atoms with Crippen molar-refractivity contribution >= 4 is 15.7 Å². The third-order valence-corrected chi connectivity index (χ3v) is 5.72. The van der Waals surface area contributed by atoms with E-state index in [0.29, 0.717) is 17.5 Å². The number of sulfonamides is 1. The third kappa shape index (κ3) is 2.99. The van der Waals surface area contributed by atoms with Gasteiger partial charge in [0.1, 0.15) is 5.82 Å². The minimum atomic E-state index is -3.68. The summed E-state index contributed by atoms with van der Waals surface area (Å²) in [5, 5.41) is 6.97. The third-order valence-electron chi connectivity index (χ3n) is 4.48. The van der Waals surface area contributed by atoms with Gasteiger partial charge in [0.15, 0.2) is 5.03 Å². The minimum absolute atomic E-state index is 0.0953. The van der Waals surface area contributed by atoms with Crippen molar-refractivity contribution in [2.75, 3.05) is 4.72 Å². The molecule has 0 aromatic carbocycles. The number of nitrogens with one attached hydrogen (secondary N) is 2. The summed E-state index contributed by atoms with van der Waals surface area (Å²) in [6.07, 6.45) is 8.52. The normalized spacial score (nSPS) is 18.3. The molecule has 7 nitrogen and oxygen atoms in total.